The largest absolute Gasteiger partial charge is 0.478 e. The Labute approximate surface area is 117 Å². The number of rotatable bonds is 6. The number of sulfonamides is 1. The molecule has 0 aliphatic heterocycles. The summed E-state index contributed by atoms with van der Waals surface area (Å²) < 4.78 is 40.1. The zero-order valence-corrected chi connectivity index (χ0v) is 12.4. The zero-order chi connectivity index (χ0) is 15.5. The van der Waals surface area contributed by atoms with Gasteiger partial charge in [-0.05, 0) is 30.5 Å². The Morgan fingerprint density at radius 3 is 2.55 bits per heavy atom. The maximum Gasteiger partial charge on any atom is 0.338 e. The van der Waals surface area contributed by atoms with E-state index >= 15 is 0 Å². The Morgan fingerprint density at radius 1 is 1.45 bits per heavy atom. The summed E-state index contributed by atoms with van der Waals surface area (Å²) in [5.41, 5.74) is -0.664. The van der Waals surface area contributed by atoms with Crippen LogP contribution in [0.25, 0.3) is 0 Å². The van der Waals surface area contributed by atoms with Crippen LogP contribution in [-0.4, -0.2) is 26.0 Å². The molecule has 1 aromatic carbocycles. The number of carboxylic acid groups (broad SMARTS) is 1. The number of hydrogen-bond acceptors (Lipinski definition) is 3. The first kappa shape index (κ1) is 16.6. The van der Waals surface area contributed by atoms with E-state index in [1.807, 2.05) is 13.8 Å². The highest BCUT2D eigenvalue weighted by molar-refractivity contribution is 7.89. The average molecular weight is 303 g/mol. The van der Waals surface area contributed by atoms with Crippen LogP contribution in [0.5, 0.6) is 0 Å². The van der Waals surface area contributed by atoms with E-state index < -0.39 is 27.4 Å². The van der Waals surface area contributed by atoms with Crippen molar-refractivity contribution in [3.8, 4) is 0 Å². The molecule has 0 bridgehead atoms. The molecule has 7 heteroatoms. The number of carboxylic acids is 1. The van der Waals surface area contributed by atoms with E-state index in [9.17, 15) is 17.6 Å². The molecule has 0 saturated heterocycles. The second-order valence-corrected chi connectivity index (χ2v) is 6.54. The van der Waals surface area contributed by atoms with Crippen LogP contribution >= 0.6 is 0 Å². The number of hydrogen-bond donors (Lipinski definition) is 2. The van der Waals surface area contributed by atoms with Crippen molar-refractivity contribution in [3.05, 3.63) is 29.1 Å². The van der Waals surface area contributed by atoms with Crippen LogP contribution in [0.1, 0.15) is 36.2 Å². The molecule has 0 amide bonds. The molecule has 0 heterocycles. The van der Waals surface area contributed by atoms with E-state index in [0.29, 0.717) is 0 Å². The molecule has 0 spiro atoms. The Kier molecular flexibility index (Phi) is 5.24. The highest BCUT2D eigenvalue weighted by Crippen LogP contribution is 2.19. The lowest BCUT2D eigenvalue weighted by atomic mass is 10.1. The van der Waals surface area contributed by atoms with Crippen LogP contribution < -0.4 is 4.72 Å². The normalized spacial score (nSPS) is 13.2. The predicted molar refractivity (Wildman–Crippen MR) is 72.7 cm³/mol. The molecule has 1 aromatic rings. The minimum Gasteiger partial charge on any atom is -0.478 e. The molecule has 0 aromatic heterocycles. The zero-order valence-electron chi connectivity index (χ0n) is 11.6. The number of benzene rings is 1. The summed E-state index contributed by atoms with van der Waals surface area (Å²) in [5.74, 6) is -2.26. The van der Waals surface area contributed by atoms with Gasteiger partial charge in [-0.25, -0.2) is 22.3 Å². The first-order valence-corrected chi connectivity index (χ1v) is 7.70. The third kappa shape index (κ3) is 3.77. The lowest BCUT2D eigenvalue weighted by molar-refractivity contribution is 0.0691. The molecular weight excluding hydrogens is 285 g/mol. The maximum atomic E-state index is 13.6. The molecule has 1 unspecified atom stereocenters. The Hall–Kier alpha value is -1.47. The van der Waals surface area contributed by atoms with Crippen LogP contribution in [0, 0.1) is 18.7 Å². The Bertz CT molecular complexity index is 613. The van der Waals surface area contributed by atoms with Crippen molar-refractivity contribution in [1.29, 1.82) is 0 Å². The number of aromatic carboxylic acids is 1. The molecule has 2 N–H and O–H groups in total. The van der Waals surface area contributed by atoms with Crippen molar-refractivity contribution in [1.82, 2.24) is 4.72 Å². The second kappa shape index (κ2) is 6.32. The molecule has 0 fully saturated rings. The van der Waals surface area contributed by atoms with Crippen LogP contribution in [0.3, 0.4) is 0 Å². The van der Waals surface area contributed by atoms with Gasteiger partial charge in [0.05, 0.1) is 10.5 Å². The van der Waals surface area contributed by atoms with Crippen molar-refractivity contribution in [2.75, 3.05) is 6.54 Å². The van der Waals surface area contributed by atoms with E-state index in [1.54, 1.807) is 0 Å². The summed E-state index contributed by atoms with van der Waals surface area (Å²) in [6.07, 6.45) is 0.811. The topological polar surface area (TPSA) is 83.5 Å². The van der Waals surface area contributed by atoms with Gasteiger partial charge >= 0.3 is 5.97 Å². The van der Waals surface area contributed by atoms with Crippen molar-refractivity contribution < 1.29 is 22.7 Å². The highest BCUT2D eigenvalue weighted by Gasteiger charge is 2.21. The van der Waals surface area contributed by atoms with Crippen LogP contribution in [0.2, 0.25) is 0 Å². The van der Waals surface area contributed by atoms with Crippen LogP contribution in [0.4, 0.5) is 4.39 Å². The molecule has 1 atom stereocenters. The molecule has 1 rings (SSSR count). The molecule has 0 aliphatic carbocycles. The Morgan fingerprint density at radius 2 is 2.05 bits per heavy atom. The molecule has 0 saturated carbocycles. The third-order valence-corrected chi connectivity index (χ3v) is 4.49. The molecule has 0 radical (unpaired) electrons. The van der Waals surface area contributed by atoms with Crippen molar-refractivity contribution in [3.63, 3.8) is 0 Å². The number of carbonyl (C=O) groups is 1. The standard InChI is InChI=1S/C13H18FNO4S/c1-4-8(2)7-15-20(18,19)10-5-9(3)12(14)11(6-10)13(16)17/h5-6,8,15H,4,7H2,1-3H3,(H,16,17). The van der Waals surface area contributed by atoms with Crippen molar-refractivity contribution in [2.45, 2.75) is 32.1 Å². The van der Waals surface area contributed by atoms with Gasteiger partial charge in [-0.1, -0.05) is 20.3 Å². The van der Waals surface area contributed by atoms with Gasteiger partial charge in [-0.3, -0.25) is 0 Å². The van der Waals surface area contributed by atoms with E-state index in [4.69, 9.17) is 5.11 Å². The number of aryl methyl sites for hydroxylation is 1. The van der Waals surface area contributed by atoms with Gasteiger partial charge < -0.3 is 5.11 Å². The van der Waals surface area contributed by atoms with E-state index in [1.165, 1.54) is 6.92 Å². The van der Waals surface area contributed by atoms with E-state index in [-0.39, 0.29) is 22.9 Å². The van der Waals surface area contributed by atoms with Gasteiger partial charge in [0.25, 0.3) is 0 Å². The molecular formula is C13H18FNO4S. The molecule has 0 aliphatic rings. The first-order valence-electron chi connectivity index (χ1n) is 6.22. The minimum atomic E-state index is -3.84. The van der Waals surface area contributed by atoms with Crippen molar-refractivity contribution in [2.24, 2.45) is 5.92 Å². The van der Waals surface area contributed by atoms with Crippen LogP contribution in [0.15, 0.2) is 17.0 Å². The molecule has 112 valence electrons. The van der Waals surface area contributed by atoms with Crippen LogP contribution in [-0.2, 0) is 10.0 Å². The predicted octanol–water partition coefficient (Wildman–Crippen LogP) is 2.16. The molecule has 20 heavy (non-hydrogen) atoms. The van der Waals surface area contributed by atoms with Gasteiger partial charge in [0.2, 0.25) is 10.0 Å². The fourth-order valence-corrected chi connectivity index (χ4v) is 2.80. The number of nitrogens with one attached hydrogen (secondary N) is 1. The first-order chi connectivity index (χ1) is 9.19. The summed E-state index contributed by atoms with van der Waals surface area (Å²) in [6, 6.07) is 1.96. The quantitative estimate of drug-likeness (QED) is 0.843. The summed E-state index contributed by atoms with van der Waals surface area (Å²) >= 11 is 0. The SMILES string of the molecule is CCC(C)CNS(=O)(=O)c1cc(C)c(F)c(C(=O)O)c1. The summed E-state index contributed by atoms with van der Waals surface area (Å²) in [6.45, 7) is 5.40. The molecule has 5 nitrogen and oxygen atoms in total. The second-order valence-electron chi connectivity index (χ2n) is 4.77. The van der Waals surface area contributed by atoms with E-state index in [2.05, 4.69) is 4.72 Å². The lowest BCUT2D eigenvalue weighted by Crippen LogP contribution is -2.28. The minimum absolute atomic E-state index is 0.0196. The average Bonchev–Trinajstić information content (AvgIpc) is 2.38. The van der Waals surface area contributed by atoms with Gasteiger partial charge in [0.1, 0.15) is 5.82 Å². The third-order valence-electron chi connectivity index (χ3n) is 3.09. The van der Waals surface area contributed by atoms with Crippen molar-refractivity contribution >= 4 is 16.0 Å². The van der Waals surface area contributed by atoms with Gasteiger partial charge in [-0.2, -0.15) is 0 Å². The fraction of sp³-hybridized carbons (Fsp3) is 0.462. The van der Waals surface area contributed by atoms with E-state index in [0.717, 1.165) is 18.6 Å². The number of halogens is 1. The highest BCUT2D eigenvalue weighted by atomic mass is 32.2. The maximum absolute atomic E-state index is 13.6. The smallest absolute Gasteiger partial charge is 0.338 e. The van der Waals surface area contributed by atoms with Gasteiger partial charge in [-0.15, -0.1) is 0 Å². The van der Waals surface area contributed by atoms with Gasteiger partial charge in [0.15, 0.2) is 0 Å². The lowest BCUT2D eigenvalue weighted by Gasteiger charge is -2.12. The fourth-order valence-electron chi connectivity index (χ4n) is 1.53. The Balaban J connectivity index is 3.16. The monoisotopic (exact) mass is 303 g/mol. The summed E-state index contributed by atoms with van der Waals surface area (Å²) in [7, 11) is -3.84. The summed E-state index contributed by atoms with van der Waals surface area (Å²) in [4.78, 5) is 10.7. The summed E-state index contributed by atoms with van der Waals surface area (Å²) in [5, 5.41) is 8.88. The van der Waals surface area contributed by atoms with Gasteiger partial charge in [0, 0.05) is 6.54 Å².